The van der Waals surface area contributed by atoms with Gasteiger partial charge in [-0.05, 0) is 48.9 Å². The summed E-state index contributed by atoms with van der Waals surface area (Å²) in [5, 5.41) is 3.23. The van der Waals surface area contributed by atoms with Crippen molar-refractivity contribution in [1.82, 2.24) is 5.32 Å². The van der Waals surface area contributed by atoms with Crippen molar-refractivity contribution >= 4 is 21.8 Å². The normalized spacial score (nSPS) is 15.4. The number of carbonyl (C=O) groups excluding carboxylic acids is 1. The van der Waals surface area contributed by atoms with Crippen LogP contribution in [0.4, 0.5) is 0 Å². The molecule has 3 heteroatoms. The van der Waals surface area contributed by atoms with Gasteiger partial charge in [-0.3, -0.25) is 4.79 Å². The minimum Gasteiger partial charge on any atom is -0.349 e. The molecule has 2 nitrogen and oxygen atoms in total. The van der Waals surface area contributed by atoms with Crippen LogP contribution in [-0.4, -0.2) is 5.91 Å². The van der Waals surface area contributed by atoms with E-state index in [0.717, 1.165) is 10.0 Å². The van der Waals surface area contributed by atoms with E-state index in [1.807, 2.05) is 24.3 Å². The number of amides is 1. The molecule has 1 atom stereocenters. The van der Waals surface area contributed by atoms with E-state index in [-0.39, 0.29) is 11.9 Å². The fourth-order valence-electron chi connectivity index (χ4n) is 2.69. The van der Waals surface area contributed by atoms with Gasteiger partial charge >= 0.3 is 0 Å². The van der Waals surface area contributed by atoms with Crippen LogP contribution in [0.1, 0.15) is 35.6 Å². The van der Waals surface area contributed by atoms with Crippen molar-refractivity contribution in [2.75, 3.05) is 0 Å². The average molecular weight is 358 g/mol. The lowest BCUT2D eigenvalue weighted by molar-refractivity contribution is -0.121. The minimum atomic E-state index is 0.0970. The molecule has 1 fully saturated rings. The van der Waals surface area contributed by atoms with Gasteiger partial charge in [0.2, 0.25) is 5.91 Å². The van der Waals surface area contributed by atoms with Crippen molar-refractivity contribution in [1.29, 1.82) is 0 Å². The molecule has 0 aliphatic heterocycles. The molecular weight excluding hydrogens is 338 g/mol. The molecule has 0 saturated heterocycles. The molecule has 0 radical (unpaired) electrons. The Hall–Kier alpha value is -1.61. The van der Waals surface area contributed by atoms with Crippen molar-refractivity contribution in [2.24, 2.45) is 5.92 Å². The van der Waals surface area contributed by atoms with Crippen molar-refractivity contribution in [3.05, 3.63) is 69.7 Å². The van der Waals surface area contributed by atoms with Crippen molar-refractivity contribution in [3.63, 3.8) is 0 Å². The molecule has 22 heavy (non-hydrogen) atoms. The van der Waals surface area contributed by atoms with Gasteiger partial charge in [-0.1, -0.05) is 57.9 Å². The Kier molecular flexibility index (Phi) is 4.63. The van der Waals surface area contributed by atoms with Gasteiger partial charge in [0.05, 0.1) is 12.5 Å². The summed E-state index contributed by atoms with van der Waals surface area (Å²) in [6, 6.07) is 16.6. The van der Waals surface area contributed by atoms with Crippen molar-refractivity contribution < 1.29 is 4.79 Å². The fraction of sp³-hybridized carbons (Fsp3) is 0.316. The summed E-state index contributed by atoms with van der Waals surface area (Å²) in [5.74, 6) is 0.691. The molecule has 0 heterocycles. The Morgan fingerprint density at radius 1 is 1.14 bits per heavy atom. The van der Waals surface area contributed by atoms with E-state index in [4.69, 9.17) is 0 Å². The first-order valence-corrected chi connectivity index (χ1v) is 8.51. The maximum absolute atomic E-state index is 12.4. The molecule has 1 amide bonds. The van der Waals surface area contributed by atoms with Gasteiger partial charge in [0.15, 0.2) is 0 Å². The Morgan fingerprint density at radius 2 is 1.77 bits per heavy atom. The van der Waals surface area contributed by atoms with Gasteiger partial charge in [-0.25, -0.2) is 0 Å². The van der Waals surface area contributed by atoms with E-state index in [0.29, 0.717) is 12.3 Å². The zero-order chi connectivity index (χ0) is 15.5. The Morgan fingerprint density at radius 3 is 2.36 bits per heavy atom. The highest BCUT2D eigenvalue weighted by molar-refractivity contribution is 9.10. The monoisotopic (exact) mass is 357 g/mol. The molecule has 3 rings (SSSR count). The van der Waals surface area contributed by atoms with Crippen LogP contribution >= 0.6 is 15.9 Å². The standard InChI is InChI=1S/C19H20BrNO/c1-13-2-6-15(7-3-13)19(16-8-9-16)21-18(22)12-14-4-10-17(20)11-5-14/h2-7,10-11,16,19H,8-9,12H2,1H3,(H,21,22). The van der Waals surface area contributed by atoms with Crippen LogP contribution in [0.2, 0.25) is 0 Å². The summed E-state index contributed by atoms with van der Waals surface area (Å²) in [6.45, 7) is 2.09. The Bertz CT molecular complexity index is 644. The molecule has 1 aliphatic carbocycles. The van der Waals surface area contributed by atoms with E-state index in [1.165, 1.54) is 24.0 Å². The zero-order valence-electron chi connectivity index (χ0n) is 12.7. The Labute approximate surface area is 140 Å². The van der Waals surface area contributed by atoms with Gasteiger partial charge in [0.25, 0.3) is 0 Å². The molecular formula is C19H20BrNO. The highest BCUT2D eigenvalue weighted by Gasteiger charge is 2.33. The summed E-state index contributed by atoms with van der Waals surface area (Å²) in [6.07, 6.45) is 2.84. The third kappa shape index (κ3) is 3.98. The molecule has 2 aromatic carbocycles. The predicted molar refractivity (Wildman–Crippen MR) is 92.6 cm³/mol. The maximum Gasteiger partial charge on any atom is 0.224 e. The first kappa shape index (κ1) is 15.3. The van der Waals surface area contributed by atoms with Crippen LogP contribution in [0.5, 0.6) is 0 Å². The lowest BCUT2D eigenvalue weighted by Crippen LogP contribution is -2.31. The highest BCUT2D eigenvalue weighted by atomic mass is 79.9. The SMILES string of the molecule is Cc1ccc(C(NC(=O)Cc2ccc(Br)cc2)C2CC2)cc1. The highest BCUT2D eigenvalue weighted by Crippen LogP contribution is 2.41. The maximum atomic E-state index is 12.4. The zero-order valence-corrected chi connectivity index (χ0v) is 14.3. The molecule has 1 aliphatic rings. The number of hydrogen-bond donors (Lipinski definition) is 1. The van der Waals surface area contributed by atoms with Crippen LogP contribution in [0.25, 0.3) is 0 Å². The van der Waals surface area contributed by atoms with Gasteiger partial charge in [0, 0.05) is 4.47 Å². The predicted octanol–water partition coefficient (Wildman–Crippen LogP) is 4.57. The van der Waals surface area contributed by atoms with Crippen LogP contribution in [-0.2, 0) is 11.2 Å². The minimum absolute atomic E-state index is 0.0970. The average Bonchev–Trinajstić information content (AvgIpc) is 3.33. The topological polar surface area (TPSA) is 29.1 Å². The number of benzene rings is 2. The third-order valence-electron chi connectivity index (χ3n) is 4.12. The second-order valence-electron chi connectivity index (χ2n) is 6.10. The van der Waals surface area contributed by atoms with Crippen molar-refractivity contribution in [2.45, 2.75) is 32.2 Å². The van der Waals surface area contributed by atoms with Crippen LogP contribution in [0.15, 0.2) is 53.0 Å². The van der Waals surface area contributed by atoms with Crippen molar-refractivity contribution in [3.8, 4) is 0 Å². The number of halogens is 1. The fourth-order valence-corrected chi connectivity index (χ4v) is 2.95. The lowest BCUT2D eigenvalue weighted by atomic mass is 10.0. The summed E-state index contributed by atoms with van der Waals surface area (Å²) in [5.41, 5.74) is 3.51. The quantitative estimate of drug-likeness (QED) is 0.834. The van der Waals surface area contributed by atoms with E-state index in [9.17, 15) is 4.79 Å². The molecule has 1 saturated carbocycles. The summed E-state index contributed by atoms with van der Waals surface area (Å²) in [7, 11) is 0. The first-order chi connectivity index (χ1) is 10.6. The largest absolute Gasteiger partial charge is 0.349 e. The smallest absolute Gasteiger partial charge is 0.224 e. The summed E-state index contributed by atoms with van der Waals surface area (Å²) >= 11 is 3.42. The number of rotatable bonds is 5. The molecule has 0 spiro atoms. The molecule has 0 aromatic heterocycles. The second kappa shape index (κ2) is 6.66. The summed E-state index contributed by atoms with van der Waals surface area (Å²) < 4.78 is 1.03. The third-order valence-corrected chi connectivity index (χ3v) is 4.65. The molecule has 2 aromatic rings. The molecule has 1 N–H and O–H groups in total. The Balaban J connectivity index is 1.67. The van der Waals surface area contributed by atoms with Gasteiger partial charge < -0.3 is 5.32 Å². The van der Waals surface area contributed by atoms with Gasteiger partial charge in [-0.2, -0.15) is 0 Å². The summed E-state index contributed by atoms with van der Waals surface area (Å²) in [4.78, 5) is 12.4. The van der Waals surface area contributed by atoms with E-state index in [2.05, 4.69) is 52.4 Å². The van der Waals surface area contributed by atoms with Gasteiger partial charge in [0.1, 0.15) is 0 Å². The lowest BCUT2D eigenvalue weighted by Gasteiger charge is -2.19. The number of nitrogens with one attached hydrogen (secondary N) is 1. The number of carbonyl (C=O) groups is 1. The van der Waals surface area contributed by atoms with E-state index >= 15 is 0 Å². The van der Waals surface area contributed by atoms with E-state index < -0.39 is 0 Å². The van der Waals surface area contributed by atoms with Crippen LogP contribution in [0, 0.1) is 12.8 Å². The van der Waals surface area contributed by atoms with Gasteiger partial charge in [-0.15, -0.1) is 0 Å². The van der Waals surface area contributed by atoms with Crippen LogP contribution < -0.4 is 5.32 Å². The molecule has 1 unspecified atom stereocenters. The first-order valence-electron chi connectivity index (χ1n) is 7.72. The number of aryl methyl sites for hydroxylation is 1. The second-order valence-corrected chi connectivity index (χ2v) is 7.01. The van der Waals surface area contributed by atoms with E-state index in [1.54, 1.807) is 0 Å². The van der Waals surface area contributed by atoms with Crippen LogP contribution in [0.3, 0.4) is 0 Å². The number of hydrogen-bond acceptors (Lipinski definition) is 1. The molecule has 0 bridgehead atoms. The molecule has 114 valence electrons.